The van der Waals surface area contributed by atoms with Gasteiger partial charge in [0.2, 0.25) is 5.91 Å². The molecule has 1 N–H and O–H groups in total. The predicted octanol–water partition coefficient (Wildman–Crippen LogP) is 6.58. The van der Waals surface area contributed by atoms with Crippen molar-refractivity contribution in [2.24, 2.45) is 0 Å². The monoisotopic (exact) mass is 405 g/mol. The number of rotatable bonds is 4. The van der Waals surface area contributed by atoms with Crippen LogP contribution in [0.2, 0.25) is 5.02 Å². The molecule has 0 bridgehead atoms. The lowest BCUT2D eigenvalue weighted by Crippen LogP contribution is -2.08. The predicted molar refractivity (Wildman–Crippen MR) is 103 cm³/mol. The molecule has 0 saturated carbocycles. The molecule has 3 rings (SSSR count). The highest BCUT2D eigenvalue weighted by molar-refractivity contribution is 6.31. The van der Waals surface area contributed by atoms with E-state index in [2.05, 4.69) is 5.32 Å². The molecular formula is C21H15ClF3NO2. The molecule has 0 spiro atoms. The van der Waals surface area contributed by atoms with Gasteiger partial charge in [-0.05, 0) is 48.9 Å². The quantitative estimate of drug-likeness (QED) is 0.498. The van der Waals surface area contributed by atoms with Crippen LogP contribution >= 0.6 is 11.6 Å². The Kier molecular flexibility index (Phi) is 5.61. The molecule has 0 unspecified atom stereocenters. The topological polar surface area (TPSA) is 42.2 Å². The maximum atomic E-state index is 13.1. The normalized spacial score (nSPS) is 11.8. The fourth-order valence-electron chi connectivity index (χ4n) is 2.61. The van der Waals surface area contributed by atoms with Gasteiger partial charge in [0.25, 0.3) is 0 Å². The van der Waals surface area contributed by atoms with Crippen molar-refractivity contribution in [2.45, 2.75) is 13.1 Å². The second-order valence-electron chi connectivity index (χ2n) is 5.98. The molecule has 0 radical (unpaired) electrons. The minimum absolute atomic E-state index is 0.0614. The number of hydrogen-bond acceptors (Lipinski definition) is 2. The van der Waals surface area contributed by atoms with Crippen LogP contribution in [0, 0.1) is 6.92 Å². The van der Waals surface area contributed by atoms with E-state index < -0.39 is 17.6 Å². The molecule has 144 valence electrons. The van der Waals surface area contributed by atoms with E-state index in [1.54, 1.807) is 25.1 Å². The van der Waals surface area contributed by atoms with Gasteiger partial charge in [-0.2, -0.15) is 13.2 Å². The van der Waals surface area contributed by atoms with E-state index in [0.717, 1.165) is 11.6 Å². The number of amides is 1. The van der Waals surface area contributed by atoms with Crippen molar-refractivity contribution in [3.63, 3.8) is 0 Å². The Bertz CT molecular complexity index is 1040. The third-order valence-electron chi connectivity index (χ3n) is 4.05. The first-order valence-corrected chi connectivity index (χ1v) is 8.64. The van der Waals surface area contributed by atoms with Gasteiger partial charge in [0.1, 0.15) is 11.5 Å². The van der Waals surface area contributed by atoms with Crippen LogP contribution in [0.15, 0.2) is 65.1 Å². The van der Waals surface area contributed by atoms with Crippen molar-refractivity contribution in [3.05, 3.63) is 82.6 Å². The molecule has 3 nitrogen and oxygen atoms in total. The van der Waals surface area contributed by atoms with Gasteiger partial charge in [0.05, 0.1) is 5.56 Å². The molecule has 1 amide bonds. The van der Waals surface area contributed by atoms with Crippen LogP contribution in [-0.4, -0.2) is 5.91 Å². The van der Waals surface area contributed by atoms with Crippen LogP contribution < -0.4 is 5.32 Å². The van der Waals surface area contributed by atoms with Crippen molar-refractivity contribution in [2.75, 3.05) is 5.32 Å². The zero-order valence-electron chi connectivity index (χ0n) is 14.7. The van der Waals surface area contributed by atoms with Gasteiger partial charge < -0.3 is 9.73 Å². The Balaban J connectivity index is 1.77. The Morgan fingerprint density at radius 3 is 2.57 bits per heavy atom. The van der Waals surface area contributed by atoms with E-state index in [-0.39, 0.29) is 17.1 Å². The molecule has 0 aliphatic rings. The first-order chi connectivity index (χ1) is 13.3. The lowest BCUT2D eigenvalue weighted by Gasteiger charge is -2.10. The van der Waals surface area contributed by atoms with E-state index >= 15 is 0 Å². The highest BCUT2D eigenvalue weighted by atomic mass is 35.5. The Labute approximate surface area is 164 Å². The van der Waals surface area contributed by atoms with Gasteiger partial charge >= 0.3 is 6.18 Å². The standard InChI is InChI=1S/C21H15ClF3NO2/c1-13-17(22)7-4-8-18(13)26-20(27)12-10-14-9-11-19(28-14)15-5-2-3-6-16(15)21(23,24)25/h2-12H,1H3,(H,26,27)/b12-10+. The molecule has 1 heterocycles. The highest BCUT2D eigenvalue weighted by Gasteiger charge is 2.34. The second-order valence-corrected chi connectivity index (χ2v) is 6.39. The number of alkyl halides is 3. The van der Waals surface area contributed by atoms with E-state index in [9.17, 15) is 18.0 Å². The Morgan fingerprint density at radius 1 is 1.07 bits per heavy atom. The number of nitrogens with one attached hydrogen (secondary N) is 1. The largest absolute Gasteiger partial charge is 0.457 e. The average Bonchev–Trinajstić information content (AvgIpc) is 3.12. The molecule has 0 saturated heterocycles. The highest BCUT2D eigenvalue weighted by Crippen LogP contribution is 2.37. The number of carbonyl (C=O) groups excluding carboxylic acids is 1. The second kappa shape index (κ2) is 7.94. The summed E-state index contributed by atoms with van der Waals surface area (Å²) in [7, 11) is 0. The average molecular weight is 406 g/mol. The van der Waals surface area contributed by atoms with Crippen LogP contribution in [0.3, 0.4) is 0 Å². The van der Waals surface area contributed by atoms with Crippen molar-refractivity contribution >= 4 is 29.3 Å². The fourth-order valence-corrected chi connectivity index (χ4v) is 2.78. The van der Waals surface area contributed by atoms with Gasteiger partial charge in [-0.25, -0.2) is 0 Å². The number of furan rings is 1. The summed E-state index contributed by atoms with van der Waals surface area (Å²) in [6.07, 6.45) is -1.87. The molecule has 0 aliphatic carbocycles. The summed E-state index contributed by atoms with van der Waals surface area (Å²) in [6.45, 7) is 1.78. The van der Waals surface area contributed by atoms with Gasteiger partial charge in [0, 0.05) is 22.3 Å². The van der Waals surface area contributed by atoms with Crippen LogP contribution in [0.5, 0.6) is 0 Å². The molecule has 0 aliphatic heterocycles. The first-order valence-electron chi connectivity index (χ1n) is 8.26. The van der Waals surface area contributed by atoms with Crippen LogP contribution in [0.1, 0.15) is 16.9 Å². The van der Waals surface area contributed by atoms with E-state index in [4.69, 9.17) is 16.0 Å². The lowest BCUT2D eigenvalue weighted by molar-refractivity contribution is -0.137. The summed E-state index contributed by atoms with van der Waals surface area (Å²) in [5.74, 6) is -0.0948. The summed E-state index contributed by atoms with van der Waals surface area (Å²) in [6, 6.07) is 13.2. The van der Waals surface area contributed by atoms with Crippen molar-refractivity contribution < 1.29 is 22.4 Å². The van der Waals surface area contributed by atoms with Crippen LogP contribution in [0.4, 0.5) is 18.9 Å². The minimum atomic E-state index is -4.49. The van der Waals surface area contributed by atoms with E-state index in [1.165, 1.54) is 42.5 Å². The first kappa shape index (κ1) is 19.8. The van der Waals surface area contributed by atoms with E-state index in [0.29, 0.717) is 10.7 Å². The molecule has 1 aromatic heterocycles. The van der Waals surface area contributed by atoms with Crippen LogP contribution in [0.25, 0.3) is 17.4 Å². The van der Waals surface area contributed by atoms with Gasteiger partial charge in [-0.15, -0.1) is 0 Å². The molecule has 3 aromatic rings. The smallest absolute Gasteiger partial charge is 0.417 e. The third kappa shape index (κ3) is 4.46. The summed E-state index contributed by atoms with van der Waals surface area (Å²) in [5.41, 5.74) is 0.457. The Morgan fingerprint density at radius 2 is 1.82 bits per heavy atom. The number of anilines is 1. The molecule has 7 heteroatoms. The van der Waals surface area contributed by atoms with Crippen molar-refractivity contribution in [1.82, 2.24) is 0 Å². The van der Waals surface area contributed by atoms with Crippen molar-refractivity contribution in [1.29, 1.82) is 0 Å². The van der Waals surface area contributed by atoms with E-state index in [1.807, 2.05) is 0 Å². The summed E-state index contributed by atoms with van der Waals surface area (Å²) < 4.78 is 44.9. The number of carbonyl (C=O) groups is 1. The SMILES string of the molecule is Cc1c(Cl)cccc1NC(=O)/C=C/c1ccc(-c2ccccc2C(F)(F)F)o1. The number of hydrogen-bond donors (Lipinski definition) is 1. The molecular weight excluding hydrogens is 391 g/mol. The lowest BCUT2D eigenvalue weighted by atomic mass is 10.1. The zero-order valence-corrected chi connectivity index (χ0v) is 15.4. The maximum absolute atomic E-state index is 13.1. The molecule has 2 aromatic carbocycles. The maximum Gasteiger partial charge on any atom is 0.417 e. The molecule has 0 atom stereocenters. The fraction of sp³-hybridized carbons (Fsp3) is 0.0952. The summed E-state index contributed by atoms with van der Waals surface area (Å²) in [4.78, 5) is 12.1. The summed E-state index contributed by atoms with van der Waals surface area (Å²) in [5, 5.41) is 3.22. The molecule has 0 fully saturated rings. The molecule has 28 heavy (non-hydrogen) atoms. The van der Waals surface area contributed by atoms with Crippen molar-refractivity contribution in [3.8, 4) is 11.3 Å². The minimum Gasteiger partial charge on any atom is -0.457 e. The number of halogens is 4. The van der Waals surface area contributed by atoms with Gasteiger partial charge in [-0.1, -0.05) is 35.9 Å². The number of benzene rings is 2. The summed E-state index contributed by atoms with van der Waals surface area (Å²) >= 11 is 6.01. The van der Waals surface area contributed by atoms with Gasteiger partial charge in [-0.3, -0.25) is 4.79 Å². The van der Waals surface area contributed by atoms with Gasteiger partial charge in [0.15, 0.2) is 0 Å². The third-order valence-corrected chi connectivity index (χ3v) is 4.46. The zero-order chi connectivity index (χ0) is 20.3. The van der Waals surface area contributed by atoms with Crippen LogP contribution in [-0.2, 0) is 11.0 Å². The Hall–Kier alpha value is -2.99.